The van der Waals surface area contributed by atoms with E-state index < -0.39 is 0 Å². The summed E-state index contributed by atoms with van der Waals surface area (Å²) in [6, 6.07) is 5.65. The predicted molar refractivity (Wildman–Crippen MR) is 78.1 cm³/mol. The zero-order chi connectivity index (χ0) is 15.1. The van der Waals surface area contributed by atoms with Crippen LogP contribution in [0, 0.1) is 0 Å². The van der Waals surface area contributed by atoms with Crippen molar-refractivity contribution in [2.45, 2.75) is 39.8 Å². The minimum absolute atomic E-state index is 0.219. The van der Waals surface area contributed by atoms with Gasteiger partial charge >= 0.3 is 0 Å². The van der Waals surface area contributed by atoms with Gasteiger partial charge in [0.05, 0.1) is 6.61 Å². The van der Waals surface area contributed by atoms with Crippen LogP contribution in [0.4, 0.5) is 0 Å². The summed E-state index contributed by atoms with van der Waals surface area (Å²) in [4.78, 5) is 4.21. The fourth-order valence-electron chi connectivity index (χ4n) is 1.78. The Morgan fingerprint density at radius 3 is 2.76 bits per heavy atom. The molecule has 2 N–H and O–H groups in total. The predicted octanol–water partition coefficient (Wildman–Crippen LogP) is 2.46. The van der Waals surface area contributed by atoms with Gasteiger partial charge in [-0.05, 0) is 12.5 Å². The number of nitrogens with zero attached hydrogens (tertiary/aromatic N) is 2. The molecule has 1 aromatic heterocycles. The van der Waals surface area contributed by atoms with Gasteiger partial charge in [0.15, 0.2) is 12.4 Å². The molecule has 0 saturated heterocycles. The van der Waals surface area contributed by atoms with Crippen molar-refractivity contribution in [1.82, 2.24) is 10.1 Å². The zero-order valence-corrected chi connectivity index (χ0v) is 12.5. The van der Waals surface area contributed by atoms with Crippen molar-refractivity contribution in [2.24, 2.45) is 5.73 Å². The Balaban J connectivity index is 2.05. The highest BCUT2D eigenvalue weighted by molar-refractivity contribution is 5.40. The molecule has 0 spiro atoms. The largest absolute Gasteiger partial charge is 0.493 e. The van der Waals surface area contributed by atoms with E-state index in [1.165, 1.54) is 0 Å². The molecule has 0 saturated carbocycles. The fourth-order valence-corrected chi connectivity index (χ4v) is 1.78. The van der Waals surface area contributed by atoms with E-state index in [1.54, 1.807) is 0 Å². The van der Waals surface area contributed by atoms with Gasteiger partial charge in [0.2, 0.25) is 0 Å². The molecule has 0 unspecified atom stereocenters. The Hall–Kier alpha value is -2.08. The van der Waals surface area contributed by atoms with Crippen LogP contribution in [-0.4, -0.2) is 16.7 Å². The van der Waals surface area contributed by atoms with Crippen LogP contribution >= 0.6 is 0 Å². The monoisotopic (exact) mass is 291 g/mol. The van der Waals surface area contributed by atoms with Crippen LogP contribution in [-0.2, 0) is 19.6 Å². The summed E-state index contributed by atoms with van der Waals surface area (Å²) in [5, 5.41) is 3.83. The highest BCUT2D eigenvalue weighted by Gasteiger charge is 2.09. The Labute approximate surface area is 124 Å². The van der Waals surface area contributed by atoms with E-state index in [2.05, 4.69) is 17.1 Å². The second-order valence-electron chi connectivity index (χ2n) is 4.57. The van der Waals surface area contributed by atoms with E-state index in [9.17, 15) is 0 Å². The average Bonchev–Trinajstić information content (AvgIpc) is 2.99. The van der Waals surface area contributed by atoms with E-state index in [4.69, 9.17) is 19.7 Å². The first-order valence-corrected chi connectivity index (χ1v) is 7.16. The van der Waals surface area contributed by atoms with Crippen molar-refractivity contribution in [3.05, 3.63) is 35.5 Å². The molecule has 0 aliphatic carbocycles. The van der Waals surface area contributed by atoms with Gasteiger partial charge < -0.3 is 19.7 Å². The van der Waals surface area contributed by atoms with Crippen LogP contribution in [0.1, 0.15) is 37.5 Å². The number of aromatic nitrogens is 2. The molecule has 1 heterocycles. The van der Waals surface area contributed by atoms with E-state index in [1.807, 2.05) is 25.1 Å². The third-order valence-electron chi connectivity index (χ3n) is 2.91. The van der Waals surface area contributed by atoms with Crippen LogP contribution in [0.2, 0.25) is 0 Å². The second-order valence-corrected chi connectivity index (χ2v) is 4.57. The van der Waals surface area contributed by atoms with Gasteiger partial charge in [0.25, 0.3) is 5.89 Å². The van der Waals surface area contributed by atoms with Crippen molar-refractivity contribution < 1.29 is 14.0 Å². The van der Waals surface area contributed by atoms with Gasteiger partial charge in [-0.3, -0.25) is 0 Å². The van der Waals surface area contributed by atoms with E-state index in [-0.39, 0.29) is 6.61 Å². The van der Waals surface area contributed by atoms with Gasteiger partial charge in [-0.1, -0.05) is 25.1 Å². The Bertz CT molecular complexity index is 569. The Morgan fingerprint density at radius 1 is 1.24 bits per heavy atom. The summed E-state index contributed by atoms with van der Waals surface area (Å²) in [6.45, 7) is 5.32. The standard InChI is InChI=1S/C15H21N3O3/c1-3-7-19-12-6-5-11(9-16)13(8-12)20-10-15-17-14(4-2)18-21-15/h5-6,8H,3-4,7,9-10,16H2,1-2H3. The van der Waals surface area contributed by atoms with Crippen LogP contribution in [0.25, 0.3) is 0 Å². The van der Waals surface area contributed by atoms with E-state index >= 15 is 0 Å². The van der Waals surface area contributed by atoms with Crippen LogP contribution in [0.15, 0.2) is 22.7 Å². The number of rotatable bonds is 8. The van der Waals surface area contributed by atoms with Gasteiger partial charge in [0.1, 0.15) is 11.5 Å². The van der Waals surface area contributed by atoms with Crippen molar-refractivity contribution in [1.29, 1.82) is 0 Å². The smallest absolute Gasteiger partial charge is 0.264 e. The quantitative estimate of drug-likeness (QED) is 0.804. The van der Waals surface area contributed by atoms with Gasteiger partial charge in [-0.15, -0.1) is 0 Å². The molecule has 0 radical (unpaired) electrons. The highest BCUT2D eigenvalue weighted by Crippen LogP contribution is 2.25. The first-order valence-electron chi connectivity index (χ1n) is 7.16. The molecular formula is C15H21N3O3. The normalized spacial score (nSPS) is 10.6. The Morgan fingerprint density at radius 2 is 2.10 bits per heavy atom. The lowest BCUT2D eigenvalue weighted by molar-refractivity contribution is 0.238. The molecule has 2 rings (SSSR count). The number of hydrogen-bond acceptors (Lipinski definition) is 6. The van der Waals surface area contributed by atoms with Crippen LogP contribution in [0.5, 0.6) is 11.5 Å². The van der Waals surface area contributed by atoms with Crippen molar-refractivity contribution >= 4 is 0 Å². The zero-order valence-electron chi connectivity index (χ0n) is 12.5. The van der Waals surface area contributed by atoms with Gasteiger partial charge in [0, 0.05) is 24.6 Å². The Kier molecular flexibility index (Phi) is 5.57. The highest BCUT2D eigenvalue weighted by atomic mass is 16.5. The summed E-state index contributed by atoms with van der Waals surface area (Å²) >= 11 is 0. The van der Waals surface area contributed by atoms with Crippen molar-refractivity contribution in [3.8, 4) is 11.5 Å². The van der Waals surface area contributed by atoms with Crippen LogP contribution < -0.4 is 15.2 Å². The van der Waals surface area contributed by atoms with E-state index in [0.717, 1.165) is 24.2 Å². The number of ether oxygens (including phenoxy) is 2. The number of nitrogens with two attached hydrogens (primary N) is 1. The summed E-state index contributed by atoms with van der Waals surface area (Å²) in [7, 11) is 0. The average molecular weight is 291 g/mol. The van der Waals surface area contributed by atoms with E-state index in [0.29, 0.717) is 30.6 Å². The first-order chi connectivity index (χ1) is 10.3. The SMILES string of the molecule is CCCOc1ccc(CN)c(OCc2nc(CC)no2)c1. The molecule has 0 aliphatic rings. The molecule has 1 aromatic carbocycles. The molecule has 21 heavy (non-hydrogen) atoms. The third kappa shape index (κ3) is 4.19. The number of benzene rings is 1. The summed E-state index contributed by atoms with van der Waals surface area (Å²) in [5.41, 5.74) is 6.63. The number of aryl methyl sites for hydroxylation is 1. The van der Waals surface area contributed by atoms with Crippen molar-refractivity contribution in [2.75, 3.05) is 6.61 Å². The molecule has 2 aromatic rings. The lowest BCUT2D eigenvalue weighted by Crippen LogP contribution is -2.04. The molecule has 0 bridgehead atoms. The summed E-state index contributed by atoms with van der Waals surface area (Å²) in [5.74, 6) is 2.58. The van der Waals surface area contributed by atoms with Gasteiger partial charge in [-0.2, -0.15) is 4.98 Å². The third-order valence-corrected chi connectivity index (χ3v) is 2.91. The van der Waals surface area contributed by atoms with Crippen LogP contribution in [0.3, 0.4) is 0 Å². The maximum absolute atomic E-state index is 5.74. The maximum Gasteiger partial charge on any atom is 0.264 e. The topological polar surface area (TPSA) is 83.4 Å². The minimum atomic E-state index is 0.219. The summed E-state index contributed by atoms with van der Waals surface area (Å²) < 4.78 is 16.4. The molecule has 6 nitrogen and oxygen atoms in total. The van der Waals surface area contributed by atoms with Gasteiger partial charge in [-0.25, -0.2) is 0 Å². The molecular weight excluding hydrogens is 270 g/mol. The second kappa shape index (κ2) is 7.64. The lowest BCUT2D eigenvalue weighted by Gasteiger charge is -2.11. The van der Waals surface area contributed by atoms with Crippen molar-refractivity contribution in [3.63, 3.8) is 0 Å². The maximum atomic E-state index is 5.74. The molecule has 0 atom stereocenters. The number of hydrogen-bond donors (Lipinski definition) is 1. The molecule has 6 heteroatoms. The first kappa shape index (κ1) is 15.3. The fraction of sp³-hybridized carbons (Fsp3) is 0.467. The molecule has 0 aliphatic heterocycles. The minimum Gasteiger partial charge on any atom is -0.493 e. The molecule has 114 valence electrons. The molecule has 0 fully saturated rings. The summed E-state index contributed by atoms with van der Waals surface area (Å²) in [6.07, 6.45) is 1.69. The lowest BCUT2D eigenvalue weighted by atomic mass is 10.2. The molecule has 0 amide bonds.